The molecule has 2 N–H and O–H groups in total. The second-order valence-corrected chi connectivity index (χ2v) is 9.86. The third kappa shape index (κ3) is 6.19. The molecule has 2 heterocycles. The molecule has 11 heteroatoms. The van der Waals surface area contributed by atoms with Gasteiger partial charge in [-0.2, -0.15) is 15.0 Å². The van der Waals surface area contributed by atoms with Gasteiger partial charge in [-0.1, -0.05) is 0 Å². The Morgan fingerprint density at radius 2 is 1.30 bits per heavy atom. The predicted octanol–water partition coefficient (Wildman–Crippen LogP) is 6.54. The van der Waals surface area contributed by atoms with Gasteiger partial charge < -0.3 is 24.8 Å². The van der Waals surface area contributed by atoms with Crippen molar-refractivity contribution in [3.05, 3.63) is 66.7 Å². The first kappa shape index (κ1) is 24.6. The highest BCUT2D eigenvalue weighted by Gasteiger charge is 2.13. The lowest BCUT2D eigenvalue weighted by Crippen LogP contribution is -2.05. The van der Waals surface area contributed by atoms with Crippen molar-refractivity contribution < 1.29 is 14.2 Å². The molecule has 0 unspecified atom stereocenters. The van der Waals surface area contributed by atoms with E-state index in [0.717, 1.165) is 43.2 Å². The number of methoxy groups -OCH3 is 2. The van der Waals surface area contributed by atoms with E-state index in [4.69, 9.17) is 19.2 Å². The van der Waals surface area contributed by atoms with E-state index in [2.05, 4.69) is 25.6 Å². The van der Waals surface area contributed by atoms with Crippen LogP contribution in [-0.4, -0.2) is 40.8 Å². The Morgan fingerprint density at radius 1 is 0.730 bits per heavy atom. The maximum Gasteiger partial charge on any atom is 0.233 e. The zero-order valence-corrected chi connectivity index (χ0v) is 22.0. The van der Waals surface area contributed by atoms with E-state index in [1.807, 2.05) is 73.7 Å². The van der Waals surface area contributed by atoms with Gasteiger partial charge >= 0.3 is 0 Å². The van der Waals surface area contributed by atoms with Gasteiger partial charge in [0.2, 0.25) is 17.1 Å². The number of benzene rings is 3. The van der Waals surface area contributed by atoms with E-state index in [1.54, 1.807) is 25.6 Å². The molecule has 0 bridgehead atoms. The fourth-order valence-corrected chi connectivity index (χ4v) is 5.33. The molecule has 0 atom stereocenters. The molecular formula is C26H24N6O3S2. The molecule has 0 saturated heterocycles. The highest BCUT2D eigenvalue weighted by atomic mass is 32.2. The molecule has 0 aliphatic rings. The normalized spacial score (nSPS) is 10.8. The van der Waals surface area contributed by atoms with Crippen molar-refractivity contribution in [2.45, 2.75) is 16.4 Å². The Hall–Kier alpha value is -4.09. The van der Waals surface area contributed by atoms with Crippen LogP contribution >= 0.6 is 23.1 Å². The summed E-state index contributed by atoms with van der Waals surface area (Å²) in [5, 5.41) is 7.00. The molecular weight excluding hydrogens is 508 g/mol. The van der Waals surface area contributed by atoms with E-state index in [-0.39, 0.29) is 0 Å². The largest absolute Gasteiger partial charge is 0.497 e. The topological polar surface area (TPSA) is 103 Å². The minimum absolute atomic E-state index is 0.401. The minimum Gasteiger partial charge on any atom is -0.497 e. The van der Waals surface area contributed by atoms with Crippen LogP contribution in [0.25, 0.3) is 10.2 Å². The van der Waals surface area contributed by atoms with Crippen molar-refractivity contribution in [2.75, 3.05) is 31.5 Å². The van der Waals surface area contributed by atoms with Crippen molar-refractivity contribution in [1.29, 1.82) is 0 Å². The third-order valence-electron chi connectivity index (χ3n) is 5.14. The average Bonchev–Trinajstić information content (AvgIpc) is 3.31. The fraction of sp³-hybridized carbons (Fsp3) is 0.154. The summed E-state index contributed by atoms with van der Waals surface area (Å²) in [6, 6.07) is 21.0. The molecule has 0 aliphatic heterocycles. The van der Waals surface area contributed by atoms with E-state index in [9.17, 15) is 0 Å². The Balaban J connectivity index is 1.44. The lowest BCUT2D eigenvalue weighted by Gasteiger charge is -2.10. The first-order chi connectivity index (χ1) is 18.1. The van der Waals surface area contributed by atoms with E-state index < -0.39 is 0 Å². The second kappa shape index (κ2) is 11.3. The van der Waals surface area contributed by atoms with Crippen LogP contribution in [0.15, 0.2) is 76.2 Å². The molecule has 5 rings (SSSR count). The molecule has 2 aromatic heterocycles. The Morgan fingerprint density at radius 3 is 1.84 bits per heavy atom. The van der Waals surface area contributed by atoms with E-state index in [1.165, 1.54) is 11.8 Å². The van der Waals surface area contributed by atoms with Crippen LogP contribution in [0.4, 0.5) is 23.3 Å². The van der Waals surface area contributed by atoms with Gasteiger partial charge in [0.15, 0.2) is 4.34 Å². The van der Waals surface area contributed by atoms with Crippen molar-refractivity contribution in [2.24, 2.45) is 0 Å². The molecule has 0 saturated carbocycles. The van der Waals surface area contributed by atoms with E-state index >= 15 is 0 Å². The van der Waals surface area contributed by atoms with Gasteiger partial charge in [0.25, 0.3) is 0 Å². The lowest BCUT2D eigenvalue weighted by atomic mass is 10.3. The lowest BCUT2D eigenvalue weighted by molar-refractivity contribution is 0.341. The van der Waals surface area contributed by atoms with Gasteiger partial charge in [-0.25, -0.2) is 4.98 Å². The maximum atomic E-state index is 5.62. The summed E-state index contributed by atoms with van der Waals surface area (Å²) >= 11 is 2.94. The summed E-state index contributed by atoms with van der Waals surface area (Å²) in [6.07, 6.45) is 0. The number of hydrogen-bond acceptors (Lipinski definition) is 11. The molecule has 0 aliphatic carbocycles. The molecule has 3 aromatic carbocycles. The van der Waals surface area contributed by atoms with Crippen LogP contribution in [0.2, 0.25) is 0 Å². The van der Waals surface area contributed by atoms with Gasteiger partial charge in [0.05, 0.1) is 31.0 Å². The quantitative estimate of drug-likeness (QED) is 0.206. The highest BCUT2D eigenvalue weighted by molar-refractivity contribution is 8.01. The monoisotopic (exact) mass is 532 g/mol. The second-order valence-electron chi connectivity index (χ2n) is 7.62. The van der Waals surface area contributed by atoms with Gasteiger partial charge in [-0.15, -0.1) is 11.3 Å². The van der Waals surface area contributed by atoms with Gasteiger partial charge in [-0.3, -0.25) is 0 Å². The summed E-state index contributed by atoms with van der Waals surface area (Å²) in [7, 11) is 3.27. The SMILES string of the molecule is CCOc1ccc2nc(Sc3nc(Nc4ccc(OC)cc4)nc(Nc4ccc(OC)cc4)n3)sc2c1. The van der Waals surface area contributed by atoms with Crippen molar-refractivity contribution in [3.8, 4) is 17.2 Å². The molecule has 0 fully saturated rings. The number of ether oxygens (including phenoxy) is 3. The minimum atomic E-state index is 0.401. The van der Waals surface area contributed by atoms with Crippen LogP contribution < -0.4 is 24.8 Å². The molecule has 0 amide bonds. The van der Waals surface area contributed by atoms with Crippen LogP contribution in [0.5, 0.6) is 17.2 Å². The summed E-state index contributed by atoms with van der Waals surface area (Å²) in [4.78, 5) is 18.6. The number of thiazole rings is 1. The summed E-state index contributed by atoms with van der Waals surface area (Å²) < 4.78 is 18.0. The van der Waals surface area contributed by atoms with Gasteiger partial charge in [-0.05, 0) is 85.4 Å². The number of fused-ring (bicyclic) bond motifs is 1. The predicted molar refractivity (Wildman–Crippen MR) is 147 cm³/mol. The average molecular weight is 533 g/mol. The fourth-order valence-electron chi connectivity index (χ4n) is 3.38. The number of anilines is 4. The summed E-state index contributed by atoms with van der Waals surface area (Å²) in [6.45, 7) is 2.58. The molecule has 0 radical (unpaired) electrons. The van der Waals surface area contributed by atoms with E-state index in [0.29, 0.717) is 23.7 Å². The molecule has 188 valence electrons. The molecule has 0 spiro atoms. The number of nitrogens with zero attached hydrogens (tertiary/aromatic N) is 4. The number of aromatic nitrogens is 4. The third-order valence-corrected chi connectivity index (χ3v) is 7.08. The van der Waals surface area contributed by atoms with Crippen LogP contribution in [0.1, 0.15) is 6.92 Å². The zero-order chi connectivity index (χ0) is 25.6. The van der Waals surface area contributed by atoms with Crippen molar-refractivity contribution in [3.63, 3.8) is 0 Å². The molecule has 37 heavy (non-hydrogen) atoms. The van der Waals surface area contributed by atoms with Gasteiger partial charge in [0.1, 0.15) is 17.2 Å². The van der Waals surface area contributed by atoms with Crippen LogP contribution in [-0.2, 0) is 0 Å². The molecule has 5 aromatic rings. The maximum absolute atomic E-state index is 5.62. The highest BCUT2D eigenvalue weighted by Crippen LogP contribution is 2.35. The summed E-state index contributed by atoms with van der Waals surface area (Å²) in [5.41, 5.74) is 2.54. The first-order valence-corrected chi connectivity index (χ1v) is 13.0. The van der Waals surface area contributed by atoms with Crippen LogP contribution in [0.3, 0.4) is 0 Å². The number of hydrogen-bond donors (Lipinski definition) is 2. The standard InChI is InChI=1S/C26H24N6O3S2/c1-4-35-20-13-14-21-22(15-20)36-26(29-21)37-25-31-23(27-16-5-9-18(33-2)10-6-16)30-24(32-25)28-17-7-11-19(34-3)12-8-17/h5-15H,4H2,1-3H3,(H2,27,28,30,31,32). The Kier molecular flexibility index (Phi) is 7.52. The Labute approximate surface area is 222 Å². The van der Waals surface area contributed by atoms with Gasteiger partial charge in [0, 0.05) is 11.4 Å². The summed E-state index contributed by atoms with van der Waals surface area (Å²) in [5.74, 6) is 3.16. The van der Waals surface area contributed by atoms with Crippen LogP contribution in [0, 0.1) is 0 Å². The molecule has 9 nitrogen and oxygen atoms in total. The smallest absolute Gasteiger partial charge is 0.233 e. The van der Waals surface area contributed by atoms with Crippen molar-refractivity contribution >= 4 is 56.6 Å². The zero-order valence-electron chi connectivity index (χ0n) is 20.4. The van der Waals surface area contributed by atoms with Crippen molar-refractivity contribution in [1.82, 2.24) is 19.9 Å². The Bertz CT molecular complexity index is 1430. The number of nitrogens with one attached hydrogen (secondary N) is 2. The first-order valence-electron chi connectivity index (χ1n) is 11.4. The number of rotatable bonds is 10.